The Morgan fingerprint density at radius 3 is 2.36 bits per heavy atom. The quantitative estimate of drug-likeness (QED) is 0.617. The van der Waals surface area contributed by atoms with Crippen LogP contribution >= 0.6 is 23.2 Å². The van der Waals surface area contributed by atoms with Crippen LogP contribution in [0.4, 0.5) is 0 Å². The molecule has 1 rings (SSSR count). The van der Waals surface area contributed by atoms with E-state index in [-0.39, 0.29) is 0 Å². The lowest BCUT2D eigenvalue weighted by molar-refractivity contribution is 0.858. The van der Waals surface area contributed by atoms with Crippen LogP contribution in [0.15, 0.2) is 12.1 Å². The van der Waals surface area contributed by atoms with Gasteiger partial charge in [0.05, 0.1) is 0 Å². The van der Waals surface area contributed by atoms with Gasteiger partial charge in [0.15, 0.2) is 0 Å². The minimum atomic E-state index is 0.396. The molecule has 11 heavy (non-hydrogen) atoms. The molecule has 0 spiro atoms. The van der Waals surface area contributed by atoms with E-state index in [0.29, 0.717) is 16.2 Å². The molecule has 0 saturated carbocycles. The van der Waals surface area contributed by atoms with Crippen LogP contribution in [0.3, 0.4) is 0 Å². The van der Waals surface area contributed by atoms with Gasteiger partial charge in [-0.15, -0.1) is 0 Å². The molecule has 0 aliphatic rings. The third-order valence-corrected chi connectivity index (χ3v) is 1.98. The molecule has 60 valence electrons. The monoisotopic (exact) mass is 189 g/mol. The predicted molar refractivity (Wildman–Crippen MR) is 48.3 cm³/mol. The first-order valence-electron chi connectivity index (χ1n) is 3.43. The zero-order valence-electron chi connectivity index (χ0n) is 6.44. The molecule has 0 saturated heterocycles. The van der Waals surface area contributed by atoms with E-state index in [1.807, 2.05) is 6.07 Å². The Hall–Kier alpha value is -0.270. The lowest BCUT2D eigenvalue weighted by atomic mass is 10.1. The minimum absolute atomic E-state index is 0.396. The maximum Gasteiger partial charge on any atom is 0.134 e. The number of halogens is 2. The Morgan fingerprint density at radius 1 is 1.27 bits per heavy atom. The molecule has 1 aromatic rings. The topological polar surface area (TPSA) is 12.9 Å². The number of aromatic nitrogens is 1. The zero-order valence-corrected chi connectivity index (χ0v) is 7.95. The fourth-order valence-corrected chi connectivity index (χ4v) is 1.42. The summed E-state index contributed by atoms with van der Waals surface area (Å²) in [6.45, 7) is 4.13. The van der Waals surface area contributed by atoms with Gasteiger partial charge in [-0.1, -0.05) is 43.1 Å². The van der Waals surface area contributed by atoms with Crippen LogP contribution in [0.1, 0.15) is 25.3 Å². The van der Waals surface area contributed by atoms with E-state index in [1.54, 1.807) is 6.07 Å². The highest BCUT2D eigenvalue weighted by Crippen LogP contribution is 2.23. The first kappa shape index (κ1) is 8.82. The number of pyridine rings is 1. The zero-order chi connectivity index (χ0) is 8.43. The number of hydrogen-bond donors (Lipinski definition) is 0. The van der Waals surface area contributed by atoms with Crippen molar-refractivity contribution >= 4 is 23.2 Å². The third-order valence-electron chi connectivity index (χ3n) is 1.47. The van der Waals surface area contributed by atoms with Crippen LogP contribution in [-0.4, -0.2) is 4.98 Å². The second-order valence-electron chi connectivity index (χ2n) is 2.67. The van der Waals surface area contributed by atoms with E-state index in [2.05, 4.69) is 18.8 Å². The van der Waals surface area contributed by atoms with Crippen LogP contribution in [0.5, 0.6) is 0 Å². The summed E-state index contributed by atoms with van der Waals surface area (Å²) in [4.78, 5) is 3.93. The van der Waals surface area contributed by atoms with Gasteiger partial charge < -0.3 is 0 Å². The van der Waals surface area contributed by atoms with E-state index in [4.69, 9.17) is 23.2 Å². The van der Waals surface area contributed by atoms with Crippen LogP contribution in [-0.2, 0) is 0 Å². The van der Waals surface area contributed by atoms with Crippen molar-refractivity contribution in [3.05, 3.63) is 28.0 Å². The average molecular weight is 190 g/mol. The minimum Gasteiger partial charge on any atom is -0.224 e. The summed E-state index contributed by atoms with van der Waals surface area (Å²) in [7, 11) is 0. The van der Waals surface area contributed by atoms with Crippen molar-refractivity contribution in [1.82, 2.24) is 4.98 Å². The summed E-state index contributed by atoms with van der Waals surface area (Å²) >= 11 is 11.5. The first-order chi connectivity index (χ1) is 5.11. The molecule has 1 aromatic heterocycles. The van der Waals surface area contributed by atoms with E-state index in [1.165, 1.54) is 0 Å². The summed E-state index contributed by atoms with van der Waals surface area (Å²) in [6.07, 6.45) is 0. The van der Waals surface area contributed by atoms with Gasteiger partial charge >= 0.3 is 0 Å². The Morgan fingerprint density at radius 2 is 1.91 bits per heavy atom. The van der Waals surface area contributed by atoms with Crippen LogP contribution < -0.4 is 0 Å². The smallest absolute Gasteiger partial charge is 0.134 e. The maximum atomic E-state index is 5.83. The molecule has 0 aliphatic carbocycles. The maximum absolute atomic E-state index is 5.83. The Labute approximate surface area is 76.4 Å². The second kappa shape index (κ2) is 3.42. The highest BCUT2D eigenvalue weighted by molar-refractivity contribution is 6.32. The van der Waals surface area contributed by atoms with Crippen molar-refractivity contribution in [3.8, 4) is 0 Å². The van der Waals surface area contributed by atoms with Crippen molar-refractivity contribution < 1.29 is 0 Å². The van der Waals surface area contributed by atoms with Crippen molar-refractivity contribution in [1.29, 1.82) is 0 Å². The molecule has 0 fully saturated rings. The Bertz CT molecular complexity index is 258. The fraction of sp³-hybridized carbons (Fsp3) is 0.375. The van der Waals surface area contributed by atoms with E-state index < -0.39 is 0 Å². The number of hydrogen-bond acceptors (Lipinski definition) is 1. The largest absolute Gasteiger partial charge is 0.224 e. The van der Waals surface area contributed by atoms with Gasteiger partial charge in [0, 0.05) is 0 Å². The molecule has 0 bridgehead atoms. The number of nitrogens with zero attached hydrogens (tertiary/aromatic N) is 1. The molecule has 0 aromatic carbocycles. The molecule has 0 N–H and O–H groups in total. The molecule has 0 atom stereocenters. The van der Waals surface area contributed by atoms with Crippen LogP contribution in [0.2, 0.25) is 10.3 Å². The Kier molecular flexibility index (Phi) is 2.74. The molecule has 0 aliphatic heterocycles. The van der Waals surface area contributed by atoms with Gasteiger partial charge in [0.1, 0.15) is 10.3 Å². The summed E-state index contributed by atoms with van der Waals surface area (Å²) in [5.74, 6) is 0.396. The van der Waals surface area contributed by atoms with Gasteiger partial charge in [-0.2, -0.15) is 0 Å². The van der Waals surface area contributed by atoms with Crippen molar-refractivity contribution in [2.75, 3.05) is 0 Å². The SMILES string of the molecule is CC(C)c1ccc(Cl)nc1Cl. The van der Waals surface area contributed by atoms with Gasteiger partial charge in [-0.3, -0.25) is 0 Å². The van der Waals surface area contributed by atoms with Gasteiger partial charge in [0.2, 0.25) is 0 Å². The molecule has 1 nitrogen and oxygen atoms in total. The van der Waals surface area contributed by atoms with E-state index in [0.717, 1.165) is 5.56 Å². The fourth-order valence-electron chi connectivity index (χ4n) is 0.854. The van der Waals surface area contributed by atoms with Crippen molar-refractivity contribution in [2.24, 2.45) is 0 Å². The van der Waals surface area contributed by atoms with Gasteiger partial charge in [-0.05, 0) is 17.5 Å². The summed E-state index contributed by atoms with van der Waals surface area (Å²) in [5.41, 5.74) is 1.04. The molecule has 0 radical (unpaired) electrons. The second-order valence-corrected chi connectivity index (χ2v) is 3.41. The highest BCUT2D eigenvalue weighted by Gasteiger charge is 2.05. The van der Waals surface area contributed by atoms with Crippen LogP contribution in [0.25, 0.3) is 0 Å². The van der Waals surface area contributed by atoms with Gasteiger partial charge in [0.25, 0.3) is 0 Å². The van der Waals surface area contributed by atoms with Gasteiger partial charge in [-0.25, -0.2) is 4.98 Å². The lowest BCUT2D eigenvalue weighted by Gasteiger charge is -2.05. The molecule has 1 heterocycles. The van der Waals surface area contributed by atoms with E-state index in [9.17, 15) is 0 Å². The van der Waals surface area contributed by atoms with Crippen LogP contribution in [0, 0.1) is 0 Å². The average Bonchev–Trinajstić information content (AvgIpc) is 1.85. The molecule has 0 amide bonds. The first-order valence-corrected chi connectivity index (χ1v) is 4.19. The van der Waals surface area contributed by atoms with Crippen molar-refractivity contribution in [2.45, 2.75) is 19.8 Å². The Balaban J connectivity index is 3.09. The molecular weight excluding hydrogens is 181 g/mol. The molecule has 0 unspecified atom stereocenters. The standard InChI is InChI=1S/C8H9Cl2N/c1-5(2)6-3-4-7(9)11-8(6)10/h3-5H,1-2H3. The predicted octanol–water partition coefficient (Wildman–Crippen LogP) is 3.51. The molecular formula is C8H9Cl2N. The summed E-state index contributed by atoms with van der Waals surface area (Å²) < 4.78 is 0. The normalized spacial score (nSPS) is 10.6. The lowest BCUT2D eigenvalue weighted by Crippen LogP contribution is -1.90. The third kappa shape index (κ3) is 2.08. The summed E-state index contributed by atoms with van der Waals surface area (Å²) in [5, 5.41) is 0.951. The molecule has 3 heteroatoms. The van der Waals surface area contributed by atoms with Crippen molar-refractivity contribution in [3.63, 3.8) is 0 Å². The van der Waals surface area contributed by atoms with E-state index >= 15 is 0 Å². The number of rotatable bonds is 1. The highest BCUT2D eigenvalue weighted by atomic mass is 35.5. The summed E-state index contributed by atoms with van der Waals surface area (Å²) in [6, 6.07) is 3.66.